The summed E-state index contributed by atoms with van der Waals surface area (Å²) in [4.78, 5) is 0. The monoisotopic (exact) mass is 193 g/mol. The average molecular weight is 193 g/mol. The van der Waals surface area contributed by atoms with Gasteiger partial charge in [0.25, 0.3) is 0 Å². The third-order valence-corrected chi connectivity index (χ3v) is 0.667. The molecule has 0 bridgehead atoms. The van der Waals surface area contributed by atoms with Crippen molar-refractivity contribution in [1.29, 1.82) is 0 Å². The molecule has 0 aromatic heterocycles. The van der Waals surface area contributed by atoms with Crippen molar-refractivity contribution in [3.05, 3.63) is 36.4 Å². The van der Waals surface area contributed by atoms with Crippen LogP contribution in [0.25, 0.3) is 0 Å². The van der Waals surface area contributed by atoms with Gasteiger partial charge in [-0.15, -0.1) is 0 Å². The van der Waals surface area contributed by atoms with Crippen LogP contribution >= 0.6 is 0 Å². The molecule has 0 aliphatic rings. The highest BCUT2D eigenvalue weighted by molar-refractivity contribution is 7.73. The van der Waals surface area contributed by atoms with Gasteiger partial charge >= 0.3 is 0 Å². The summed E-state index contributed by atoms with van der Waals surface area (Å²) in [5.74, 6) is 0. The second kappa shape index (κ2) is 12.8. The minimum atomic E-state index is -2.86. The van der Waals surface area contributed by atoms with E-state index < -0.39 is 11.4 Å². The van der Waals surface area contributed by atoms with E-state index in [0.29, 0.717) is 0 Å². The van der Waals surface area contributed by atoms with Gasteiger partial charge in [0, 0.05) is 0 Å². The molecule has 7 N–H and O–H groups in total. The molecule has 0 radical (unpaired) electrons. The van der Waals surface area contributed by atoms with E-state index in [1.807, 2.05) is 36.4 Å². The van der Waals surface area contributed by atoms with E-state index >= 15 is 0 Å². The summed E-state index contributed by atoms with van der Waals surface area (Å²) in [5.41, 5.74) is 0. The Hall–Kier alpha value is -0.790. The second-order valence-corrected chi connectivity index (χ2v) is 1.81. The molecular weight excluding hydrogens is 180 g/mol. The topological polar surface area (TPSA) is 130 Å². The predicted molar refractivity (Wildman–Crippen MR) is 48.0 cm³/mol. The van der Waals surface area contributed by atoms with E-state index in [1.54, 1.807) is 0 Å². The molecule has 1 unspecified atom stereocenters. The van der Waals surface area contributed by atoms with Gasteiger partial charge in [0.05, 0.1) is 11.4 Å². The van der Waals surface area contributed by atoms with E-state index in [9.17, 15) is 0 Å². The molecule has 1 aromatic rings. The van der Waals surface area contributed by atoms with Crippen molar-refractivity contribution < 1.29 is 13.3 Å². The van der Waals surface area contributed by atoms with Crippen LogP contribution in [0.1, 0.15) is 0 Å². The predicted octanol–water partition coefficient (Wildman–Crippen LogP) is 1.35. The first kappa shape index (κ1) is 17.3. The van der Waals surface area contributed by atoms with Gasteiger partial charge < -0.3 is 21.4 Å². The Kier molecular flexibility index (Phi) is 18.6. The lowest BCUT2D eigenvalue weighted by Gasteiger charge is -1.83. The Morgan fingerprint density at radius 3 is 1.08 bits per heavy atom. The lowest BCUT2D eigenvalue weighted by Crippen LogP contribution is -1.75. The van der Waals surface area contributed by atoms with Crippen molar-refractivity contribution in [3.8, 4) is 0 Å². The third kappa shape index (κ3) is 22.9. The van der Waals surface area contributed by atoms with Crippen LogP contribution in [0.4, 0.5) is 0 Å². The first-order chi connectivity index (χ1) is 4.73. The zero-order chi connectivity index (χ0) is 7.82. The van der Waals surface area contributed by atoms with Crippen LogP contribution in [0.3, 0.4) is 0 Å². The molecule has 72 valence electrons. The van der Waals surface area contributed by atoms with Crippen LogP contribution in [-0.2, 0) is 11.4 Å². The van der Waals surface area contributed by atoms with E-state index in [-0.39, 0.29) is 12.3 Å². The van der Waals surface area contributed by atoms with Crippen LogP contribution in [0.5, 0.6) is 0 Å². The van der Waals surface area contributed by atoms with Gasteiger partial charge in [-0.05, 0) is 0 Å². The van der Waals surface area contributed by atoms with Crippen LogP contribution in [0.2, 0.25) is 0 Å². The van der Waals surface area contributed by atoms with Crippen LogP contribution in [-0.4, -0.2) is 13.3 Å². The summed E-state index contributed by atoms with van der Waals surface area (Å²) in [7, 11) is 0. The van der Waals surface area contributed by atoms with Crippen LogP contribution < -0.4 is 12.3 Å². The van der Waals surface area contributed by atoms with Crippen molar-refractivity contribution in [3.63, 3.8) is 0 Å². The van der Waals surface area contributed by atoms with Gasteiger partial charge in [0.1, 0.15) is 0 Å². The molecule has 12 heavy (non-hydrogen) atoms. The Balaban J connectivity index is -0.000000124. The lowest BCUT2D eigenvalue weighted by molar-refractivity contribution is 0.436. The van der Waals surface area contributed by atoms with Crippen LogP contribution in [0.15, 0.2) is 36.4 Å². The molecule has 5 nitrogen and oxygen atoms in total. The molecular formula is C6H13N2O3S-. The van der Waals surface area contributed by atoms with E-state index in [0.717, 1.165) is 0 Å². The van der Waals surface area contributed by atoms with Crippen molar-refractivity contribution in [2.75, 3.05) is 0 Å². The van der Waals surface area contributed by atoms with Crippen LogP contribution in [0, 0.1) is 0 Å². The maximum Gasteiger partial charge on any atom is 0.0814 e. The van der Waals surface area contributed by atoms with E-state index in [1.165, 1.54) is 0 Å². The summed E-state index contributed by atoms with van der Waals surface area (Å²) in [6, 6.07) is 12.0. The fourth-order valence-electron chi connectivity index (χ4n) is 0.385. The zero-order valence-corrected chi connectivity index (χ0v) is 7.37. The molecule has 1 rings (SSSR count). The molecule has 0 aliphatic heterocycles. The van der Waals surface area contributed by atoms with Gasteiger partial charge in [-0.25, -0.2) is 4.21 Å². The largest absolute Gasteiger partial charge is 0.750 e. The molecule has 0 heterocycles. The summed E-state index contributed by atoms with van der Waals surface area (Å²) < 4.78 is 24.1. The highest BCUT2D eigenvalue weighted by atomic mass is 32.2. The van der Waals surface area contributed by atoms with Crippen molar-refractivity contribution in [2.24, 2.45) is 0 Å². The van der Waals surface area contributed by atoms with Crippen molar-refractivity contribution >= 4 is 11.4 Å². The molecule has 0 spiro atoms. The number of hydrogen-bond donors (Lipinski definition) is 3. The van der Waals surface area contributed by atoms with Gasteiger partial charge in [-0.2, -0.15) is 0 Å². The summed E-state index contributed by atoms with van der Waals surface area (Å²) >= 11 is -2.86. The lowest BCUT2D eigenvalue weighted by atomic mass is 10.4. The smallest absolute Gasteiger partial charge is 0.0814 e. The minimum Gasteiger partial charge on any atom is -0.750 e. The number of hydrogen-bond acceptors (Lipinski definition) is 4. The summed E-state index contributed by atoms with van der Waals surface area (Å²) in [5, 5.41) is 0. The number of benzene rings is 1. The van der Waals surface area contributed by atoms with Crippen molar-refractivity contribution in [1.82, 2.24) is 12.3 Å². The van der Waals surface area contributed by atoms with Crippen molar-refractivity contribution in [2.45, 2.75) is 0 Å². The third-order valence-electron chi connectivity index (χ3n) is 0.667. The average Bonchev–Trinajstić information content (AvgIpc) is 1.90. The molecule has 0 saturated carbocycles. The fraction of sp³-hybridized carbons (Fsp3) is 0. The number of rotatable bonds is 0. The Labute approximate surface area is 74.1 Å². The zero-order valence-electron chi connectivity index (χ0n) is 6.55. The van der Waals surface area contributed by atoms with Gasteiger partial charge in [-0.3, -0.25) is 0 Å². The summed E-state index contributed by atoms with van der Waals surface area (Å²) in [6.07, 6.45) is 0. The van der Waals surface area contributed by atoms with Gasteiger partial charge in [0.2, 0.25) is 0 Å². The standard InChI is InChI=1S/C6H6.2H3N.H2O3S/c1-2-4-6-5-3-1;;;1-4(2)3/h1-6H;2*1H3;(H2,1,2,3)/p-1. The maximum absolute atomic E-state index is 8.56. The minimum absolute atomic E-state index is 0. The first-order valence-corrected chi connectivity index (χ1v) is 3.55. The normalized spacial score (nSPS) is 9.17. The molecule has 6 heteroatoms. The highest BCUT2D eigenvalue weighted by Gasteiger charge is 1.57. The molecule has 0 saturated heterocycles. The van der Waals surface area contributed by atoms with Gasteiger partial charge in [-0.1, -0.05) is 36.4 Å². The Bertz CT molecular complexity index is 153. The molecule has 0 amide bonds. The maximum atomic E-state index is 8.56. The quantitative estimate of drug-likeness (QED) is 0.535. The second-order valence-electron chi connectivity index (χ2n) is 1.37. The molecule has 1 atom stereocenters. The first-order valence-electron chi connectivity index (χ1n) is 2.52. The fourth-order valence-corrected chi connectivity index (χ4v) is 0.385. The molecule has 0 aliphatic carbocycles. The highest BCUT2D eigenvalue weighted by Crippen LogP contribution is 1.79. The SMILES string of the molecule is N.N.O=S([O-])O.c1ccccc1. The Morgan fingerprint density at radius 1 is 0.917 bits per heavy atom. The molecule has 0 fully saturated rings. The molecule has 1 aromatic carbocycles. The van der Waals surface area contributed by atoms with E-state index in [2.05, 4.69) is 0 Å². The van der Waals surface area contributed by atoms with E-state index in [4.69, 9.17) is 13.3 Å². The summed E-state index contributed by atoms with van der Waals surface area (Å²) in [6.45, 7) is 0. The Morgan fingerprint density at radius 2 is 1.00 bits per heavy atom. The van der Waals surface area contributed by atoms with Gasteiger partial charge in [0.15, 0.2) is 0 Å².